The predicted molar refractivity (Wildman–Crippen MR) is 83.1 cm³/mol. The lowest BCUT2D eigenvalue weighted by molar-refractivity contribution is -0.143. The predicted octanol–water partition coefficient (Wildman–Crippen LogP) is 3.13. The first-order valence-electron chi connectivity index (χ1n) is 7.29. The van der Waals surface area contributed by atoms with E-state index in [9.17, 15) is 9.59 Å². The second-order valence-corrected chi connectivity index (χ2v) is 5.19. The number of rotatable bonds is 7. The van der Waals surface area contributed by atoms with Crippen LogP contribution in [0.4, 0.5) is 10.5 Å². The molecule has 0 heterocycles. The molecular weight excluding hydrogens is 268 g/mol. The Bertz CT molecular complexity index is 446. The molecule has 1 N–H and O–H groups in total. The van der Waals surface area contributed by atoms with Crippen molar-refractivity contribution in [3.05, 3.63) is 30.3 Å². The third-order valence-corrected chi connectivity index (χ3v) is 2.79. The lowest BCUT2D eigenvalue weighted by atomic mass is 10.2. The van der Waals surface area contributed by atoms with Crippen LogP contribution in [-0.2, 0) is 9.53 Å². The largest absolute Gasteiger partial charge is 0.466 e. The molecule has 1 aromatic rings. The van der Waals surface area contributed by atoms with E-state index in [1.807, 2.05) is 44.2 Å². The maximum atomic E-state index is 12.3. The molecular formula is C16H24N2O3. The van der Waals surface area contributed by atoms with Gasteiger partial charge in [0.2, 0.25) is 0 Å². The van der Waals surface area contributed by atoms with Crippen LogP contribution in [0.3, 0.4) is 0 Å². The number of anilines is 1. The van der Waals surface area contributed by atoms with Gasteiger partial charge in [-0.25, -0.2) is 4.79 Å². The van der Waals surface area contributed by atoms with E-state index >= 15 is 0 Å². The number of para-hydroxylation sites is 1. The SMILES string of the molecule is CCOC(=O)CCN(CC(C)C)C(=O)Nc1ccccc1. The normalized spacial score (nSPS) is 10.3. The third-order valence-electron chi connectivity index (χ3n) is 2.79. The smallest absolute Gasteiger partial charge is 0.321 e. The fraction of sp³-hybridized carbons (Fsp3) is 0.500. The van der Waals surface area contributed by atoms with Gasteiger partial charge in [-0.05, 0) is 25.0 Å². The van der Waals surface area contributed by atoms with Gasteiger partial charge in [0.05, 0.1) is 13.0 Å². The number of carbonyl (C=O) groups is 2. The second-order valence-electron chi connectivity index (χ2n) is 5.19. The molecule has 0 aliphatic carbocycles. The average Bonchev–Trinajstić information content (AvgIpc) is 2.44. The number of carbonyl (C=O) groups excluding carboxylic acids is 2. The van der Waals surface area contributed by atoms with Crippen LogP contribution in [-0.4, -0.2) is 36.6 Å². The standard InChI is InChI=1S/C16H24N2O3/c1-4-21-15(19)10-11-18(12-13(2)3)16(20)17-14-8-6-5-7-9-14/h5-9,13H,4,10-12H2,1-3H3,(H,17,20). The quantitative estimate of drug-likeness (QED) is 0.785. The minimum Gasteiger partial charge on any atom is -0.466 e. The zero-order valence-electron chi connectivity index (χ0n) is 13.0. The Kier molecular flexibility index (Phi) is 7.29. The van der Waals surface area contributed by atoms with Gasteiger partial charge in [0.25, 0.3) is 0 Å². The van der Waals surface area contributed by atoms with Gasteiger partial charge in [-0.2, -0.15) is 0 Å². The molecule has 5 heteroatoms. The molecule has 0 aromatic heterocycles. The minimum atomic E-state index is -0.279. The Morgan fingerprint density at radius 2 is 1.90 bits per heavy atom. The van der Waals surface area contributed by atoms with Gasteiger partial charge in [-0.15, -0.1) is 0 Å². The van der Waals surface area contributed by atoms with Crippen LogP contribution in [0.2, 0.25) is 0 Å². The summed E-state index contributed by atoms with van der Waals surface area (Å²) >= 11 is 0. The van der Waals surface area contributed by atoms with Gasteiger partial charge < -0.3 is 15.0 Å². The molecule has 0 spiro atoms. The van der Waals surface area contributed by atoms with Crippen molar-refractivity contribution in [3.63, 3.8) is 0 Å². The molecule has 0 atom stereocenters. The highest BCUT2D eigenvalue weighted by Crippen LogP contribution is 2.09. The monoisotopic (exact) mass is 292 g/mol. The Balaban J connectivity index is 2.59. The van der Waals surface area contributed by atoms with Crippen molar-refractivity contribution in [2.45, 2.75) is 27.2 Å². The number of hydrogen-bond donors (Lipinski definition) is 1. The van der Waals surface area contributed by atoms with Crippen LogP contribution in [0.25, 0.3) is 0 Å². The van der Waals surface area contributed by atoms with Crippen molar-refractivity contribution in [2.75, 3.05) is 25.0 Å². The number of nitrogens with one attached hydrogen (secondary N) is 1. The molecule has 5 nitrogen and oxygen atoms in total. The topological polar surface area (TPSA) is 58.6 Å². The van der Waals surface area contributed by atoms with Crippen LogP contribution < -0.4 is 5.32 Å². The number of esters is 1. The summed E-state index contributed by atoms with van der Waals surface area (Å²) in [6, 6.07) is 9.08. The summed E-state index contributed by atoms with van der Waals surface area (Å²) in [4.78, 5) is 25.4. The minimum absolute atomic E-state index is 0.195. The molecule has 116 valence electrons. The highest BCUT2D eigenvalue weighted by Gasteiger charge is 2.16. The average molecular weight is 292 g/mol. The number of nitrogens with zero attached hydrogens (tertiary/aromatic N) is 1. The summed E-state index contributed by atoms with van der Waals surface area (Å²) in [5.41, 5.74) is 0.743. The van der Waals surface area contributed by atoms with Crippen molar-refractivity contribution in [2.24, 2.45) is 5.92 Å². The third kappa shape index (κ3) is 6.79. The first-order chi connectivity index (χ1) is 10.0. The van der Waals surface area contributed by atoms with Crippen LogP contribution >= 0.6 is 0 Å². The Labute approximate surface area is 126 Å². The molecule has 0 bridgehead atoms. The molecule has 0 aliphatic heterocycles. The Morgan fingerprint density at radius 1 is 1.24 bits per heavy atom. The number of urea groups is 1. The van der Waals surface area contributed by atoms with Crippen molar-refractivity contribution < 1.29 is 14.3 Å². The number of benzene rings is 1. The van der Waals surface area contributed by atoms with Crippen molar-refractivity contribution >= 4 is 17.7 Å². The Morgan fingerprint density at radius 3 is 2.48 bits per heavy atom. The van der Waals surface area contributed by atoms with Crippen LogP contribution in [0, 0.1) is 5.92 Å². The van der Waals surface area contributed by atoms with Crippen LogP contribution in [0.1, 0.15) is 27.2 Å². The fourth-order valence-corrected chi connectivity index (χ4v) is 1.90. The van der Waals surface area contributed by atoms with Gasteiger partial charge in [0.1, 0.15) is 0 Å². The molecule has 0 saturated carbocycles. The molecule has 2 amide bonds. The molecule has 0 unspecified atom stereocenters. The van der Waals surface area contributed by atoms with E-state index in [1.165, 1.54) is 0 Å². The first-order valence-corrected chi connectivity index (χ1v) is 7.29. The molecule has 1 aromatic carbocycles. The van der Waals surface area contributed by atoms with Gasteiger partial charge >= 0.3 is 12.0 Å². The molecule has 21 heavy (non-hydrogen) atoms. The van der Waals surface area contributed by atoms with E-state index in [2.05, 4.69) is 5.32 Å². The van der Waals surface area contributed by atoms with Crippen LogP contribution in [0.15, 0.2) is 30.3 Å². The van der Waals surface area contributed by atoms with Gasteiger partial charge in [-0.3, -0.25) is 4.79 Å². The molecule has 0 saturated heterocycles. The zero-order chi connectivity index (χ0) is 15.7. The van der Waals surface area contributed by atoms with Gasteiger partial charge in [-0.1, -0.05) is 32.0 Å². The molecule has 0 fully saturated rings. The zero-order valence-corrected chi connectivity index (χ0v) is 13.0. The Hall–Kier alpha value is -2.04. The second kappa shape index (κ2) is 9.00. The van der Waals surface area contributed by atoms with E-state index in [4.69, 9.17) is 4.74 Å². The number of amides is 2. The lowest BCUT2D eigenvalue weighted by Gasteiger charge is -2.24. The summed E-state index contributed by atoms with van der Waals surface area (Å²) in [6.45, 7) is 7.15. The number of ether oxygens (including phenoxy) is 1. The molecule has 0 radical (unpaired) electrons. The maximum absolute atomic E-state index is 12.3. The summed E-state index contributed by atoms with van der Waals surface area (Å²) in [7, 11) is 0. The van der Waals surface area contributed by atoms with E-state index < -0.39 is 0 Å². The summed E-state index contributed by atoms with van der Waals surface area (Å²) < 4.78 is 4.90. The van der Waals surface area contributed by atoms with Crippen LogP contribution in [0.5, 0.6) is 0 Å². The highest BCUT2D eigenvalue weighted by atomic mass is 16.5. The molecule has 1 rings (SSSR count). The summed E-state index contributed by atoms with van der Waals surface area (Å²) in [6.07, 6.45) is 0.211. The summed E-state index contributed by atoms with van der Waals surface area (Å²) in [5.74, 6) is 0.0486. The van der Waals surface area contributed by atoms with E-state index in [0.717, 1.165) is 5.69 Å². The van der Waals surface area contributed by atoms with Gasteiger partial charge in [0, 0.05) is 18.8 Å². The summed E-state index contributed by atoms with van der Waals surface area (Å²) in [5, 5.41) is 2.84. The van der Waals surface area contributed by atoms with Crippen molar-refractivity contribution in [3.8, 4) is 0 Å². The fourth-order valence-electron chi connectivity index (χ4n) is 1.90. The van der Waals surface area contributed by atoms with Crippen molar-refractivity contribution in [1.82, 2.24) is 4.90 Å². The lowest BCUT2D eigenvalue weighted by Crippen LogP contribution is -2.39. The number of hydrogen-bond acceptors (Lipinski definition) is 3. The maximum Gasteiger partial charge on any atom is 0.321 e. The van der Waals surface area contributed by atoms with Crippen molar-refractivity contribution in [1.29, 1.82) is 0 Å². The van der Waals surface area contributed by atoms with E-state index in [-0.39, 0.29) is 18.4 Å². The van der Waals surface area contributed by atoms with E-state index in [1.54, 1.807) is 11.8 Å². The van der Waals surface area contributed by atoms with Gasteiger partial charge in [0.15, 0.2) is 0 Å². The first kappa shape index (κ1) is 17.0. The highest BCUT2D eigenvalue weighted by molar-refractivity contribution is 5.89. The van der Waals surface area contributed by atoms with E-state index in [0.29, 0.717) is 25.6 Å². The molecule has 0 aliphatic rings.